The fraction of sp³-hybridized carbons (Fsp3) is 0.538. The van der Waals surface area contributed by atoms with Crippen molar-refractivity contribution in [3.63, 3.8) is 0 Å². The third kappa shape index (κ3) is 3.56. The lowest BCUT2D eigenvalue weighted by Gasteiger charge is -2.26. The van der Waals surface area contributed by atoms with E-state index in [1.807, 2.05) is 6.08 Å². The number of likely N-dealkylation sites (N-methyl/N-ethyl adjacent to an activating group) is 1. The molecule has 0 N–H and O–H groups in total. The highest BCUT2D eigenvalue weighted by Gasteiger charge is 2.13. The standard InChI is InChI=1S/C13H21NO/c1-4-11-15-12(3)13-9-7-6-8-10-14(13)5-2/h6-10,12H,4-5,11H2,1-3H3. The minimum atomic E-state index is 0.164. The molecule has 2 nitrogen and oxygen atoms in total. The van der Waals surface area contributed by atoms with Crippen LogP contribution in [0.25, 0.3) is 0 Å². The summed E-state index contributed by atoms with van der Waals surface area (Å²) in [7, 11) is 0. The van der Waals surface area contributed by atoms with Crippen LogP contribution in [0.2, 0.25) is 0 Å². The van der Waals surface area contributed by atoms with E-state index in [2.05, 4.69) is 50.1 Å². The van der Waals surface area contributed by atoms with E-state index in [4.69, 9.17) is 4.74 Å². The van der Waals surface area contributed by atoms with E-state index in [1.54, 1.807) is 0 Å². The smallest absolute Gasteiger partial charge is 0.0946 e. The first kappa shape index (κ1) is 12.1. The van der Waals surface area contributed by atoms with Gasteiger partial charge in [-0.05, 0) is 32.4 Å². The minimum Gasteiger partial charge on any atom is -0.372 e. The molecule has 0 radical (unpaired) electrons. The molecule has 0 spiro atoms. The zero-order chi connectivity index (χ0) is 11.1. The van der Waals surface area contributed by atoms with Crippen molar-refractivity contribution in [3.05, 3.63) is 36.2 Å². The van der Waals surface area contributed by atoms with Crippen molar-refractivity contribution in [2.75, 3.05) is 13.2 Å². The summed E-state index contributed by atoms with van der Waals surface area (Å²) in [4.78, 5) is 2.22. The van der Waals surface area contributed by atoms with Crippen LogP contribution in [0.1, 0.15) is 27.2 Å². The average Bonchev–Trinajstić information content (AvgIpc) is 2.50. The van der Waals surface area contributed by atoms with Crippen LogP contribution < -0.4 is 0 Å². The second-order valence-electron chi connectivity index (χ2n) is 3.62. The predicted molar refractivity (Wildman–Crippen MR) is 64.4 cm³/mol. The van der Waals surface area contributed by atoms with Crippen LogP contribution in [0.5, 0.6) is 0 Å². The van der Waals surface area contributed by atoms with E-state index in [1.165, 1.54) is 5.70 Å². The Kier molecular flexibility index (Phi) is 5.19. The summed E-state index contributed by atoms with van der Waals surface area (Å²) < 4.78 is 5.74. The Hall–Kier alpha value is -1.02. The fourth-order valence-electron chi connectivity index (χ4n) is 1.59. The highest BCUT2D eigenvalue weighted by atomic mass is 16.5. The summed E-state index contributed by atoms with van der Waals surface area (Å²) in [5.41, 5.74) is 1.23. The molecule has 2 heteroatoms. The Balaban J connectivity index is 2.67. The molecule has 1 aliphatic heterocycles. The van der Waals surface area contributed by atoms with Gasteiger partial charge in [0.25, 0.3) is 0 Å². The van der Waals surface area contributed by atoms with Gasteiger partial charge in [-0.15, -0.1) is 0 Å². The second-order valence-corrected chi connectivity index (χ2v) is 3.62. The van der Waals surface area contributed by atoms with Crippen LogP contribution in [-0.4, -0.2) is 24.2 Å². The van der Waals surface area contributed by atoms with Crippen molar-refractivity contribution in [2.45, 2.75) is 33.3 Å². The minimum absolute atomic E-state index is 0.164. The summed E-state index contributed by atoms with van der Waals surface area (Å²) >= 11 is 0. The molecular weight excluding hydrogens is 186 g/mol. The number of ether oxygens (including phenoxy) is 1. The molecule has 1 unspecified atom stereocenters. The molecular formula is C13H21NO. The van der Waals surface area contributed by atoms with Crippen LogP contribution >= 0.6 is 0 Å². The molecule has 0 aromatic carbocycles. The first-order valence-electron chi connectivity index (χ1n) is 5.72. The highest BCUT2D eigenvalue weighted by Crippen LogP contribution is 2.15. The first-order valence-corrected chi connectivity index (χ1v) is 5.72. The van der Waals surface area contributed by atoms with Crippen LogP contribution in [0.4, 0.5) is 0 Å². The summed E-state index contributed by atoms with van der Waals surface area (Å²) in [6.45, 7) is 8.19. The zero-order valence-corrected chi connectivity index (χ0v) is 9.94. The molecule has 1 heterocycles. The number of hydrogen-bond acceptors (Lipinski definition) is 2. The van der Waals surface area contributed by atoms with Crippen LogP contribution in [-0.2, 0) is 4.74 Å². The van der Waals surface area contributed by atoms with Crippen LogP contribution in [0.15, 0.2) is 36.2 Å². The molecule has 84 valence electrons. The van der Waals surface area contributed by atoms with Gasteiger partial charge in [-0.25, -0.2) is 0 Å². The predicted octanol–water partition coefficient (Wildman–Crippen LogP) is 3.09. The molecule has 1 atom stereocenters. The SMILES string of the molecule is CCCOC(C)C1=CC=CC=CN1CC. The summed E-state index contributed by atoms with van der Waals surface area (Å²) in [6.07, 6.45) is 11.6. The van der Waals surface area contributed by atoms with Gasteiger partial charge in [0, 0.05) is 25.0 Å². The monoisotopic (exact) mass is 207 g/mol. The fourth-order valence-corrected chi connectivity index (χ4v) is 1.59. The van der Waals surface area contributed by atoms with E-state index >= 15 is 0 Å². The van der Waals surface area contributed by atoms with Crippen molar-refractivity contribution in [3.8, 4) is 0 Å². The van der Waals surface area contributed by atoms with Gasteiger partial charge in [0.2, 0.25) is 0 Å². The maximum absolute atomic E-state index is 5.74. The summed E-state index contributed by atoms with van der Waals surface area (Å²) in [5.74, 6) is 0. The lowest BCUT2D eigenvalue weighted by Crippen LogP contribution is -2.26. The Labute approximate surface area is 92.9 Å². The highest BCUT2D eigenvalue weighted by molar-refractivity contribution is 5.23. The van der Waals surface area contributed by atoms with E-state index < -0.39 is 0 Å². The van der Waals surface area contributed by atoms with Crippen LogP contribution in [0, 0.1) is 0 Å². The molecule has 0 fully saturated rings. The number of rotatable bonds is 5. The molecule has 0 aliphatic carbocycles. The Bertz CT molecular complexity index is 266. The first-order chi connectivity index (χ1) is 7.29. The lowest BCUT2D eigenvalue weighted by atomic mass is 10.2. The molecule has 0 amide bonds. The molecule has 0 aromatic heterocycles. The normalized spacial score (nSPS) is 17.5. The number of allylic oxidation sites excluding steroid dienone is 4. The van der Waals surface area contributed by atoms with E-state index in [-0.39, 0.29) is 6.10 Å². The van der Waals surface area contributed by atoms with Gasteiger partial charge in [0.1, 0.15) is 0 Å². The van der Waals surface area contributed by atoms with Crippen molar-refractivity contribution in [2.24, 2.45) is 0 Å². The summed E-state index contributed by atoms with van der Waals surface area (Å²) in [6, 6.07) is 0. The molecule has 0 bridgehead atoms. The van der Waals surface area contributed by atoms with Crippen molar-refractivity contribution in [1.29, 1.82) is 0 Å². The molecule has 15 heavy (non-hydrogen) atoms. The maximum atomic E-state index is 5.74. The van der Waals surface area contributed by atoms with E-state index in [9.17, 15) is 0 Å². The van der Waals surface area contributed by atoms with Crippen molar-refractivity contribution >= 4 is 0 Å². The van der Waals surface area contributed by atoms with Gasteiger partial charge >= 0.3 is 0 Å². The van der Waals surface area contributed by atoms with Gasteiger partial charge in [-0.1, -0.05) is 19.1 Å². The molecule has 1 aliphatic rings. The lowest BCUT2D eigenvalue weighted by molar-refractivity contribution is 0.0752. The van der Waals surface area contributed by atoms with Crippen LogP contribution in [0.3, 0.4) is 0 Å². The van der Waals surface area contributed by atoms with E-state index in [0.29, 0.717) is 0 Å². The van der Waals surface area contributed by atoms with Gasteiger partial charge in [0.15, 0.2) is 0 Å². The number of hydrogen-bond donors (Lipinski definition) is 0. The Morgan fingerprint density at radius 2 is 2.07 bits per heavy atom. The van der Waals surface area contributed by atoms with Crippen molar-refractivity contribution < 1.29 is 4.74 Å². The molecule has 0 saturated carbocycles. The molecule has 0 saturated heterocycles. The summed E-state index contributed by atoms with van der Waals surface area (Å²) in [5, 5.41) is 0. The van der Waals surface area contributed by atoms with E-state index in [0.717, 1.165) is 19.6 Å². The van der Waals surface area contributed by atoms with Gasteiger partial charge in [-0.2, -0.15) is 0 Å². The maximum Gasteiger partial charge on any atom is 0.0946 e. The third-order valence-electron chi connectivity index (χ3n) is 2.42. The Morgan fingerprint density at radius 1 is 1.27 bits per heavy atom. The topological polar surface area (TPSA) is 12.5 Å². The van der Waals surface area contributed by atoms with Gasteiger partial charge < -0.3 is 9.64 Å². The van der Waals surface area contributed by atoms with Gasteiger partial charge in [-0.3, -0.25) is 0 Å². The number of nitrogens with zero attached hydrogens (tertiary/aromatic N) is 1. The largest absolute Gasteiger partial charge is 0.372 e. The average molecular weight is 207 g/mol. The quantitative estimate of drug-likeness (QED) is 0.687. The Morgan fingerprint density at radius 3 is 2.73 bits per heavy atom. The molecule has 1 rings (SSSR count). The van der Waals surface area contributed by atoms with Crippen molar-refractivity contribution in [1.82, 2.24) is 4.90 Å². The molecule has 0 aromatic rings. The second kappa shape index (κ2) is 6.46. The van der Waals surface area contributed by atoms with Gasteiger partial charge in [0.05, 0.1) is 6.10 Å². The third-order valence-corrected chi connectivity index (χ3v) is 2.42. The zero-order valence-electron chi connectivity index (χ0n) is 9.94.